The van der Waals surface area contributed by atoms with Gasteiger partial charge in [-0.2, -0.15) is 0 Å². The molecule has 1 aliphatic heterocycles. The van der Waals surface area contributed by atoms with Crippen molar-refractivity contribution in [1.29, 1.82) is 0 Å². The van der Waals surface area contributed by atoms with Crippen LogP contribution < -0.4 is 4.90 Å². The second-order valence-electron chi connectivity index (χ2n) is 4.68. The summed E-state index contributed by atoms with van der Waals surface area (Å²) in [5, 5.41) is 20.4. The molecular weight excluding hydrogens is 260 g/mol. The van der Waals surface area contributed by atoms with Crippen LogP contribution in [0.1, 0.15) is 0 Å². The van der Waals surface area contributed by atoms with E-state index in [0.717, 1.165) is 10.8 Å². The number of carbonyl (C=O) groups is 1. The Morgan fingerprint density at radius 2 is 2.25 bits per heavy atom. The van der Waals surface area contributed by atoms with E-state index in [1.54, 1.807) is 18.3 Å². The van der Waals surface area contributed by atoms with Crippen molar-refractivity contribution < 1.29 is 19.7 Å². The summed E-state index contributed by atoms with van der Waals surface area (Å²) >= 11 is 0. The van der Waals surface area contributed by atoms with Crippen LogP contribution >= 0.6 is 0 Å². The van der Waals surface area contributed by atoms with Gasteiger partial charge in [0.2, 0.25) is 0 Å². The highest BCUT2D eigenvalue weighted by atomic mass is 16.5. The van der Waals surface area contributed by atoms with E-state index in [1.807, 2.05) is 17.0 Å². The zero-order valence-electron chi connectivity index (χ0n) is 10.7. The fourth-order valence-corrected chi connectivity index (χ4v) is 2.38. The molecule has 1 atom stereocenters. The molecule has 1 unspecified atom stereocenters. The number of aromatic hydroxyl groups is 1. The topological polar surface area (TPSA) is 82.9 Å². The minimum atomic E-state index is -0.974. The molecule has 0 aliphatic carbocycles. The molecule has 104 valence electrons. The van der Waals surface area contributed by atoms with Crippen molar-refractivity contribution in [2.75, 3.05) is 24.6 Å². The largest absolute Gasteiger partial charge is 0.508 e. The van der Waals surface area contributed by atoms with Gasteiger partial charge in [-0.15, -0.1) is 0 Å². The van der Waals surface area contributed by atoms with Gasteiger partial charge in [0, 0.05) is 18.1 Å². The monoisotopic (exact) mass is 274 g/mol. The van der Waals surface area contributed by atoms with Crippen molar-refractivity contribution in [2.45, 2.75) is 6.10 Å². The molecule has 2 N–H and O–H groups in total. The van der Waals surface area contributed by atoms with Crippen LogP contribution in [0.5, 0.6) is 5.75 Å². The molecule has 1 aliphatic rings. The number of anilines is 1. The normalized spacial score (nSPS) is 19.2. The molecule has 6 nitrogen and oxygen atoms in total. The van der Waals surface area contributed by atoms with Crippen LogP contribution in [0.3, 0.4) is 0 Å². The lowest BCUT2D eigenvalue weighted by Crippen LogP contribution is -2.46. The first-order valence-corrected chi connectivity index (χ1v) is 6.32. The molecule has 1 fully saturated rings. The predicted octanol–water partition coefficient (Wildman–Crippen LogP) is 1.23. The first-order chi connectivity index (χ1) is 9.65. The molecular formula is C14H14N2O4. The highest BCUT2D eigenvalue weighted by molar-refractivity contribution is 5.93. The standard InChI is InChI=1S/C14H14N2O4/c17-10-2-1-9-3-4-15-13(11(9)7-10)16-5-6-20-12(8-16)14(18)19/h1-4,7,12,17H,5-6,8H2,(H,18,19). The lowest BCUT2D eigenvalue weighted by molar-refractivity contribution is -0.150. The molecule has 6 heteroatoms. The maximum atomic E-state index is 11.0. The summed E-state index contributed by atoms with van der Waals surface area (Å²) in [7, 11) is 0. The molecule has 1 saturated heterocycles. The molecule has 0 spiro atoms. The number of hydrogen-bond donors (Lipinski definition) is 2. The third-order valence-corrected chi connectivity index (χ3v) is 3.37. The number of morpholine rings is 1. The average molecular weight is 274 g/mol. The maximum absolute atomic E-state index is 11.0. The molecule has 0 amide bonds. The van der Waals surface area contributed by atoms with Crippen LogP contribution in [0.2, 0.25) is 0 Å². The molecule has 2 aromatic rings. The highest BCUT2D eigenvalue weighted by Gasteiger charge is 2.27. The van der Waals surface area contributed by atoms with Gasteiger partial charge in [0.1, 0.15) is 11.6 Å². The van der Waals surface area contributed by atoms with E-state index in [9.17, 15) is 9.90 Å². The Kier molecular flexibility index (Phi) is 3.15. The summed E-state index contributed by atoms with van der Waals surface area (Å²) in [6.45, 7) is 1.16. The molecule has 2 heterocycles. The van der Waals surface area contributed by atoms with Crippen LogP contribution in [-0.2, 0) is 9.53 Å². The van der Waals surface area contributed by atoms with E-state index in [-0.39, 0.29) is 12.3 Å². The summed E-state index contributed by atoms with van der Waals surface area (Å²) in [5.41, 5.74) is 0. The fourth-order valence-electron chi connectivity index (χ4n) is 2.38. The van der Waals surface area contributed by atoms with Crippen molar-refractivity contribution in [3.05, 3.63) is 30.5 Å². The third-order valence-electron chi connectivity index (χ3n) is 3.37. The van der Waals surface area contributed by atoms with Crippen LogP contribution in [0.25, 0.3) is 10.8 Å². The number of fused-ring (bicyclic) bond motifs is 1. The Hall–Kier alpha value is -2.34. The van der Waals surface area contributed by atoms with E-state index < -0.39 is 12.1 Å². The smallest absolute Gasteiger partial charge is 0.334 e. The minimum Gasteiger partial charge on any atom is -0.508 e. The Morgan fingerprint density at radius 3 is 3.05 bits per heavy atom. The zero-order valence-corrected chi connectivity index (χ0v) is 10.7. The molecule has 1 aromatic carbocycles. The number of carboxylic acid groups (broad SMARTS) is 1. The van der Waals surface area contributed by atoms with Crippen LogP contribution in [0, 0.1) is 0 Å². The average Bonchev–Trinajstić information content (AvgIpc) is 2.46. The second kappa shape index (κ2) is 4.97. The number of benzene rings is 1. The van der Waals surface area contributed by atoms with Crippen molar-refractivity contribution in [3.63, 3.8) is 0 Å². The molecule has 0 radical (unpaired) electrons. The summed E-state index contributed by atoms with van der Waals surface area (Å²) in [4.78, 5) is 17.2. The van der Waals surface area contributed by atoms with Crippen molar-refractivity contribution in [3.8, 4) is 5.75 Å². The van der Waals surface area contributed by atoms with Gasteiger partial charge < -0.3 is 19.8 Å². The first-order valence-electron chi connectivity index (χ1n) is 6.32. The van der Waals surface area contributed by atoms with Gasteiger partial charge in [-0.3, -0.25) is 0 Å². The number of pyridine rings is 1. The predicted molar refractivity (Wildman–Crippen MR) is 73.0 cm³/mol. The molecule has 0 saturated carbocycles. The Bertz CT molecular complexity index is 659. The van der Waals surface area contributed by atoms with Crippen LogP contribution in [0.15, 0.2) is 30.5 Å². The molecule has 3 rings (SSSR count). The van der Waals surface area contributed by atoms with Crippen molar-refractivity contribution in [2.24, 2.45) is 0 Å². The summed E-state index contributed by atoms with van der Waals surface area (Å²) in [5.74, 6) is -0.138. The van der Waals surface area contributed by atoms with Gasteiger partial charge in [0.15, 0.2) is 6.10 Å². The maximum Gasteiger partial charge on any atom is 0.334 e. The fraction of sp³-hybridized carbons (Fsp3) is 0.286. The van der Waals surface area contributed by atoms with Crippen molar-refractivity contribution >= 4 is 22.6 Å². The quantitative estimate of drug-likeness (QED) is 0.857. The summed E-state index contributed by atoms with van der Waals surface area (Å²) in [6.07, 6.45) is 0.832. The van der Waals surface area contributed by atoms with E-state index >= 15 is 0 Å². The van der Waals surface area contributed by atoms with Gasteiger partial charge in [-0.05, 0) is 23.6 Å². The van der Waals surface area contributed by atoms with Crippen molar-refractivity contribution in [1.82, 2.24) is 4.98 Å². The number of aliphatic carboxylic acids is 1. The number of rotatable bonds is 2. The lowest BCUT2D eigenvalue weighted by atomic mass is 10.1. The number of phenols is 1. The number of phenolic OH excluding ortho intramolecular Hbond substituents is 1. The molecule has 20 heavy (non-hydrogen) atoms. The zero-order chi connectivity index (χ0) is 14.1. The van der Waals surface area contributed by atoms with Gasteiger partial charge in [-0.25, -0.2) is 9.78 Å². The number of nitrogens with zero attached hydrogens (tertiary/aromatic N) is 2. The second-order valence-corrected chi connectivity index (χ2v) is 4.68. The van der Waals surface area contributed by atoms with Crippen LogP contribution in [0.4, 0.5) is 5.82 Å². The lowest BCUT2D eigenvalue weighted by Gasteiger charge is -2.32. The minimum absolute atomic E-state index is 0.162. The number of hydrogen-bond acceptors (Lipinski definition) is 5. The summed E-state index contributed by atoms with van der Waals surface area (Å²) in [6, 6.07) is 6.92. The van der Waals surface area contributed by atoms with E-state index in [2.05, 4.69) is 4.98 Å². The summed E-state index contributed by atoms with van der Waals surface area (Å²) < 4.78 is 5.21. The molecule has 1 aromatic heterocycles. The van der Waals surface area contributed by atoms with Gasteiger partial charge in [0.25, 0.3) is 0 Å². The highest BCUT2D eigenvalue weighted by Crippen LogP contribution is 2.28. The Labute approximate surface area is 115 Å². The van der Waals surface area contributed by atoms with Gasteiger partial charge in [-0.1, -0.05) is 6.07 Å². The first kappa shape index (κ1) is 12.7. The number of carboxylic acids is 1. The Morgan fingerprint density at radius 1 is 1.40 bits per heavy atom. The van der Waals surface area contributed by atoms with Gasteiger partial charge in [0.05, 0.1) is 13.2 Å². The molecule has 0 bridgehead atoms. The number of ether oxygens (including phenoxy) is 1. The third kappa shape index (κ3) is 2.25. The van der Waals surface area contributed by atoms with E-state index in [0.29, 0.717) is 19.0 Å². The Balaban J connectivity index is 2.01. The van der Waals surface area contributed by atoms with E-state index in [4.69, 9.17) is 9.84 Å². The SMILES string of the molecule is O=C(O)C1CN(c2nccc3ccc(O)cc23)CCO1. The number of aromatic nitrogens is 1. The van der Waals surface area contributed by atoms with Crippen LogP contribution in [-0.4, -0.2) is 47.0 Å². The van der Waals surface area contributed by atoms with E-state index in [1.165, 1.54) is 0 Å². The van der Waals surface area contributed by atoms with Gasteiger partial charge >= 0.3 is 5.97 Å².